The van der Waals surface area contributed by atoms with Crippen LogP contribution in [0.25, 0.3) is 11.1 Å². The maximum absolute atomic E-state index is 13.4. The molecule has 40 heavy (non-hydrogen) atoms. The Morgan fingerprint density at radius 2 is 1.95 bits per heavy atom. The number of piperidine rings is 1. The second-order valence-electron chi connectivity index (χ2n) is 10.6. The molecule has 5 rings (SSSR count). The number of carbonyl (C=O) groups is 1. The molecule has 6 nitrogen and oxygen atoms in total. The Balaban J connectivity index is 1.26. The van der Waals surface area contributed by atoms with Crippen LogP contribution in [-0.2, 0) is 23.5 Å². The average Bonchev–Trinajstić information content (AvgIpc) is 3.46. The topological polar surface area (TPSA) is 70.4 Å². The maximum Gasteiger partial charge on any atom is 0.224 e. The number of nitrogens with one attached hydrogen (secondary N) is 1. The Kier molecular flexibility index (Phi) is 8.91. The number of halogens is 2. The lowest BCUT2D eigenvalue weighted by molar-refractivity contribution is -0.128. The molecule has 2 N–H and O–H groups in total. The highest BCUT2D eigenvalue weighted by atomic mass is 35.5. The summed E-state index contributed by atoms with van der Waals surface area (Å²) in [6.07, 6.45) is 6.80. The van der Waals surface area contributed by atoms with Gasteiger partial charge in [-0.2, -0.15) is 0 Å². The number of aliphatic hydroxyl groups is 1. The summed E-state index contributed by atoms with van der Waals surface area (Å²) < 4.78 is 1.77. The number of carbonyl (C=O) groups excluding carboxylic acids is 1. The van der Waals surface area contributed by atoms with Gasteiger partial charge in [-0.15, -0.1) is 0 Å². The van der Waals surface area contributed by atoms with E-state index >= 15 is 0 Å². The maximum atomic E-state index is 13.4. The number of hydrogen-bond donors (Lipinski definition) is 2. The van der Waals surface area contributed by atoms with Gasteiger partial charge < -0.3 is 15.0 Å². The first-order chi connectivity index (χ1) is 19.3. The van der Waals surface area contributed by atoms with Gasteiger partial charge in [0.05, 0.1) is 25.3 Å². The van der Waals surface area contributed by atoms with Crippen molar-refractivity contribution in [2.24, 2.45) is 5.92 Å². The summed E-state index contributed by atoms with van der Waals surface area (Å²) in [6, 6.07) is 21.9. The lowest BCUT2D eigenvalue weighted by Gasteiger charge is -2.34. The van der Waals surface area contributed by atoms with E-state index in [0.29, 0.717) is 22.2 Å². The van der Waals surface area contributed by atoms with Gasteiger partial charge >= 0.3 is 0 Å². The minimum atomic E-state index is -1.44. The molecule has 0 saturated carbocycles. The highest BCUT2D eigenvalue weighted by molar-refractivity contribution is 6.35. The number of nitrogens with zero attached hydrogens (tertiary/aromatic N) is 3. The van der Waals surface area contributed by atoms with E-state index in [-0.39, 0.29) is 24.9 Å². The number of hydrogen-bond acceptors (Lipinski definition) is 4. The summed E-state index contributed by atoms with van der Waals surface area (Å²) in [6.45, 7) is 4.78. The molecule has 4 aromatic rings. The average molecular weight is 578 g/mol. The van der Waals surface area contributed by atoms with E-state index in [1.807, 2.05) is 6.07 Å². The molecule has 0 aliphatic carbocycles. The van der Waals surface area contributed by atoms with Crippen molar-refractivity contribution in [3.63, 3.8) is 0 Å². The van der Waals surface area contributed by atoms with Crippen LogP contribution in [0.5, 0.6) is 0 Å². The summed E-state index contributed by atoms with van der Waals surface area (Å²) in [5.41, 5.74) is 4.05. The SMILES string of the molecule is Cc1c(CN2CCCC(C(=O)NCC(O)(Cn3ccnc3)c3ccc(Cl)cc3Cl)C2)cccc1-c1ccccc1. The van der Waals surface area contributed by atoms with Crippen LogP contribution in [0.2, 0.25) is 10.0 Å². The van der Waals surface area contributed by atoms with Gasteiger partial charge in [0, 0.05) is 41.1 Å². The number of aromatic nitrogens is 2. The quantitative estimate of drug-likeness (QED) is 0.253. The molecule has 1 aliphatic rings. The van der Waals surface area contributed by atoms with Crippen LogP contribution in [-0.4, -0.2) is 45.1 Å². The van der Waals surface area contributed by atoms with E-state index in [2.05, 4.69) is 64.6 Å². The Labute approximate surface area is 245 Å². The molecular formula is C32H34Cl2N4O2. The smallest absolute Gasteiger partial charge is 0.224 e. The molecule has 2 heterocycles. The van der Waals surface area contributed by atoms with Crippen molar-refractivity contribution in [1.29, 1.82) is 0 Å². The van der Waals surface area contributed by atoms with Crippen LogP contribution in [0.3, 0.4) is 0 Å². The lowest BCUT2D eigenvalue weighted by atomic mass is 9.91. The largest absolute Gasteiger partial charge is 0.381 e. The van der Waals surface area contributed by atoms with Gasteiger partial charge in [0.25, 0.3) is 0 Å². The number of benzene rings is 3. The predicted octanol–water partition coefficient (Wildman–Crippen LogP) is 6.08. The van der Waals surface area contributed by atoms with E-state index in [1.165, 1.54) is 22.3 Å². The number of rotatable bonds is 9. The zero-order valence-corrected chi connectivity index (χ0v) is 24.1. The van der Waals surface area contributed by atoms with Crippen molar-refractivity contribution in [2.75, 3.05) is 19.6 Å². The van der Waals surface area contributed by atoms with Gasteiger partial charge in [-0.25, -0.2) is 4.98 Å². The van der Waals surface area contributed by atoms with Crippen LogP contribution in [0, 0.1) is 12.8 Å². The zero-order chi connectivity index (χ0) is 28.1. The van der Waals surface area contributed by atoms with Gasteiger partial charge in [0.2, 0.25) is 5.91 Å². The van der Waals surface area contributed by atoms with Gasteiger partial charge in [-0.05, 0) is 60.7 Å². The Morgan fingerprint density at radius 3 is 2.70 bits per heavy atom. The van der Waals surface area contributed by atoms with Gasteiger partial charge in [0.15, 0.2) is 0 Å². The van der Waals surface area contributed by atoms with Crippen LogP contribution in [0.15, 0.2) is 85.5 Å². The molecule has 0 spiro atoms. The fraction of sp³-hybridized carbons (Fsp3) is 0.312. The fourth-order valence-electron chi connectivity index (χ4n) is 5.60. The monoisotopic (exact) mass is 576 g/mol. The summed E-state index contributed by atoms with van der Waals surface area (Å²) in [5, 5.41) is 15.6. The fourth-order valence-corrected chi connectivity index (χ4v) is 6.19. The molecule has 1 saturated heterocycles. The van der Waals surface area contributed by atoms with Crippen molar-refractivity contribution in [3.05, 3.63) is 112 Å². The highest BCUT2D eigenvalue weighted by Gasteiger charge is 2.34. The first-order valence-corrected chi connectivity index (χ1v) is 14.4. The first kappa shape index (κ1) is 28.4. The van der Waals surface area contributed by atoms with Crippen molar-refractivity contribution in [2.45, 2.75) is 38.5 Å². The minimum Gasteiger partial charge on any atom is -0.381 e. The molecule has 1 aliphatic heterocycles. The van der Waals surface area contributed by atoms with Gasteiger partial charge in [0.1, 0.15) is 5.60 Å². The molecule has 1 amide bonds. The molecule has 1 aromatic heterocycles. The van der Waals surface area contributed by atoms with Crippen molar-refractivity contribution in [3.8, 4) is 11.1 Å². The van der Waals surface area contributed by atoms with Crippen molar-refractivity contribution in [1.82, 2.24) is 19.8 Å². The van der Waals surface area contributed by atoms with Crippen LogP contribution in [0.1, 0.15) is 29.5 Å². The van der Waals surface area contributed by atoms with E-state index < -0.39 is 5.60 Å². The van der Waals surface area contributed by atoms with E-state index in [9.17, 15) is 9.90 Å². The molecule has 2 atom stereocenters. The second-order valence-corrected chi connectivity index (χ2v) is 11.5. The molecule has 8 heteroatoms. The van der Waals surface area contributed by atoms with E-state index in [0.717, 1.165) is 25.9 Å². The van der Waals surface area contributed by atoms with Gasteiger partial charge in [-0.1, -0.05) is 77.8 Å². The molecule has 2 unspecified atom stereocenters. The second kappa shape index (κ2) is 12.6. The third kappa shape index (κ3) is 6.58. The molecule has 3 aromatic carbocycles. The van der Waals surface area contributed by atoms with Crippen LogP contribution in [0.4, 0.5) is 0 Å². The Morgan fingerprint density at radius 1 is 1.12 bits per heavy atom. The van der Waals surface area contributed by atoms with E-state index in [1.54, 1.807) is 41.5 Å². The summed E-state index contributed by atoms with van der Waals surface area (Å²) in [4.78, 5) is 19.8. The van der Waals surface area contributed by atoms with Crippen LogP contribution >= 0.6 is 23.2 Å². The predicted molar refractivity (Wildman–Crippen MR) is 160 cm³/mol. The molecule has 0 bridgehead atoms. The summed E-state index contributed by atoms with van der Waals surface area (Å²) in [7, 11) is 0. The van der Waals surface area contributed by atoms with Crippen LogP contribution < -0.4 is 5.32 Å². The van der Waals surface area contributed by atoms with E-state index in [4.69, 9.17) is 23.2 Å². The van der Waals surface area contributed by atoms with Crippen molar-refractivity contribution >= 4 is 29.1 Å². The Bertz CT molecular complexity index is 1440. The zero-order valence-electron chi connectivity index (χ0n) is 22.6. The summed E-state index contributed by atoms with van der Waals surface area (Å²) >= 11 is 12.6. The lowest BCUT2D eigenvalue weighted by Crippen LogP contribution is -2.48. The first-order valence-electron chi connectivity index (χ1n) is 13.6. The highest BCUT2D eigenvalue weighted by Crippen LogP contribution is 2.32. The molecular weight excluding hydrogens is 543 g/mol. The third-order valence-electron chi connectivity index (χ3n) is 7.79. The molecule has 0 radical (unpaired) electrons. The molecule has 1 fully saturated rings. The number of amides is 1. The minimum absolute atomic E-state index is 0.0140. The van der Waals surface area contributed by atoms with Gasteiger partial charge in [-0.3, -0.25) is 9.69 Å². The van der Waals surface area contributed by atoms with Crippen molar-refractivity contribution < 1.29 is 9.90 Å². The number of imidazole rings is 1. The summed E-state index contributed by atoms with van der Waals surface area (Å²) in [5.74, 6) is -0.224. The molecule has 208 valence electrons. The normalized spacial score (nSPS) is 17.4. The Hall–Kier alpha value is -3.16. The standard InChI is InChI=1S/C32H34Cl2N4O2/c1-23-25(9-5-11-28(23)24-7-3-2-4-8-24)18-37-15-6-10-26(19-37)31(39)36-20-32(40,21-38-16-14-35-22-38)29-13-12-27(33)17-30(29)34/h2-5,7-9,11-14,16-17,22,26,40H,6,10,15,18-21H2,1H3,(H,36,39). The third-order valence-corrected chi connectivity index (χ3v) is 8.34. The number of likely N-dealkylation sites (tertiary alicyclic amines) is 1.